The molecule has 0 bridgehead atoms. The Balaban J connectivity index is 1.57. The third-order valence-electron chi connectivity index (χ3n) is 4.35. The third-order valence-corrected chi connectivity index (χ3v) is 4.35. The monoisotopic (exact) mass is 383 g/mol. The molecule has 1 aromatic heterocycles. The van der Waals surface area contributed by atoms with Crippen LogP contribution in [0.5, 0.6) is 0 Å². The number of benzene rings is 2. The van der Waals surface area contributed by atoms with E-state index in [1.807, 2.05) is 12.1 Å². The molecule has 1 amide bonds. The van der Waals surface area contributed by atoms with E-state index in [9.17, 15) is 14.3 Å². The van der Waals surface area contributed by atoms with E-state index in [0.29, 0.717) is 35.4 Å². The van der Waals surface area contributed by atoms with Gasteiger partial charge in [0.25, 0.3) is 0 Å². The summed E-state index contributed by atoms with van der Waals surface area (Å²) >= 11 is 0. The number of aliphatic hydroxyl groups is 1. The standard InChI is InChI=1S/C20H22FN5O2/c1-12(27)18(22)20(28)26-15-5-2-13(3-6-15)8-9-23-19-16-10-14(21)4-7-17(16)24-11-25-19/h2-7,10-12,18,27H,8-9,22H2,1H3,(H,26,28)(H,23,24,25). The smallest absolute Gasteiger partial charge is 0.243 e. The number of amides is 1. The van der Waals surface area contributed by atoms with Gasteiger partial charge in [0.05, 0.1) is 11.6 Å². The van der Waals surface area contributed by atoms with E-state index in [0.717, 1.165) is 5.56 Å². The summed E-state index contributed by atoms with van der Waals surface area (Å²) in [5.41, 5.74) is 7.94. The molecule has 146 valence electrons. The van der Waals surface area contributed by atoms with Crippen LogP contribution in [0, 0.1) is 5.82 Å². The van der Waals surface area contributed by atoms with E-state index >= 15 is 0 Å². The van der Waals surface area contributed by atoms with Crippen LogP contribution in [-0.4, -0.2) is 39.7 Å². The minimum atomic E-state index is -0.976. The van der Waals surface area contributed by atoms with Gasteiger partial charge in [-0.1, -0.05) is 12.1 Å². The fourth-order valence-corrected chi connectivity index (χ4v) is 2.69. The molecule has 0 fully saturated rings. The van der Waals surface area contributed by atoms with Gasteiger partial charge in [-0.3, -0.25) is 4.79 Å². The lowest BCUT2D eigenvalue weighted by Crippen LogP contribution is -2.43. The quantitative estimate of drug-likeness (QED) is 0.497. The molecule has 0 aliphatic heterocycles. The van der Waals surface area contributed by atoms with E-state index in [2.05, 4.69) is 20.6 Å². The molecule has 7 nitrogen and oxygen atoms in total. The number of halogens is 1. The van der Waals surface area contributed by atoms with Crippen molar-refractivity contribution in [2.75, 3.05) is 17.2 Å². The van der Waals surface area contributed by atoms with E-state index in [-0.39, 0.29) is 5.82 Å². The number of nitrogens with two attached hydrogens (primary N) is 1. The Morgan fingerprint density at radius 2 is 1.96 bits per heavy atom. The van der Waals surface area contributed by atoms with Crippen LogP contribution in [-0.2, 0) is 11.2 Å². The number of nitrogens with zero attached hydrogens (tertiary/aromatic N) is 2. The molecule has 3 rings (SSSR count). The third kappa shape index (κ3) is 4.79. The molecule has 5 N–H and O–H groups in total. The maximum atomic E-state index is 13.5. The van der Waals surface area contributed by atoms with Crippen molar-refractivity contribution >= 4 is 28.3 Å². The van der Waals surface area contributed by atoms with Crippen molar-refractivity contribution in [1.29, 1.82) is 0 Å². The van der Waals surface area contributed by atoms with Gasteiger partial charge in [-0.05, 0) is 49.2 Å². The van der Waals surface area contributed by atoms with Crippen molar-refractivity contribution in [1.82, 2.24) is 9.97 Å². The van der Waals surface area contributed by atoms with Gasteiger partial charge in [0.2, 0.25) is 5.91 Å². The second-order valence-electron chi connectivity index (χ2n) is 6.51. The van der Waals surface area contributed by atoms with E-state index < -0.39 is 18.1 Å². The highest BCUT2D eigenvalue weighted by Crippen LogP contribution is 2.20. The number of nitrogens with one attached hydrogen (secondary N) is 2. The average molecular weight is 383 g/mol. The van der Waals surface area contributed by atoms with Gasteiger partial charge in [0.15, 0.2) is 0 Å². The van der Waals surface area contributed by atoms with E-state index in [1.54, 1.807) is 18.2 Å². The number of aliphatic hydroxyl groups excluding tert-OH is 1. The molecule has 0 saturated heterocycles. The predicted molar refractivity (Wildman–Crippen MR) is 106 cm³/mol. The second-order valence-corrected chi connectivity index (χ2v) is 6.51. The topological polar surface area (TPSA) is 113 Å². The summed E-state index contributed by atoms with van der Waals surface area (Å²) in [6.45, 7) is 2.07. The normalized spacial score (nSPS) is 13.1. The second kappa shape index (κ2) is 8.73. The van der Waals surface area contributed by atoms with Crippen LogP contribution in [0.4, 0.5) is 15.9 Å². The molecule has 1 heterocycles. The number of carbonyl (C=O) groups excluding carboxylic acids is 1. The van der Waals surface area contributed by atoms with E-state index in [1.165, 1.54) is 25.4 Å². The molecule has 0 saturated carbocycles. The predicted octanol–water partition coefficient (Wildman–Crippen LogP) is 2.07. The summed E-state index contributed by atoms with van der Waals surface area (Å²) in [5, 5.41) is 15.9. The van der Waals surface area contributed by atoms with Gasteiger partial charge < -0.3 is 21.5 Å². The maximum absolute atomic E-state index is 13.5. The molecule has 0 radical (unpaired) electrons. The van der Waals surface area contributed by atoms with Gasteiger partial charge in [-0.2, -0.15) is 0 Å². The molecule has 8 heteroatoms. The number of carbonyl (C=O) groups is 1. The van der Waals surface area contributed by atoms with Crippen LogP contribution >= 0.6 is 0 Å². The van der Waals surface area contributed by atoms with Crippen LogP contribution in [0.3, 0.4) is 0 Å². The molecule has 3 aromatic rings. The van der Waals surface area contributed by atoms with Crippen LogP contribution < -0.4 is 16.4 Å². The first-order valence-electron chi connectivity index (χ1n) is 8.91. The zero-order valence-electron chi connectivity index (χ0n) is 15.4. The Bertz CT molecular complexity index is 962. The first kappa shape index (κ1) is 19.7. The van der Waals surface area contributed by atoms with Crippen molar-refractivity contribution in [2.24, 2.45) is 5.73 Å². The molecular weight excluding hydrogens is 361 g/mol. The minimum absolute atomic E-state index is 0.335. The Kier molecular flexibility index (Phi) is 6.13. The lowest BCUT2D eigenvalue weighted by Gasteiger charge is -2.14. The largest absolute Gasteiger partial charge is 0.391 e. The highest BCUT2D eigenvalue weighted by Gasteiger charge is 2.18. The summed E-state index contributed by atoms with van der Waals surface area (Å²) in [6.07, 6.45) is 1.23. The maximum Gasteiger partial charge on any atom is 0.243 e. The average Bonchev–Trinajstić information content (AvgIpc) is 2.69. The number of anilines is 2. The fraction of sp³-hybridized carbons (Fsp3) is 0.250. The Labute approximate surface area is 161 Å². The summed E-state index contributed by atoms with van der Waals surface area (Å²) in [6, 6.07) is 10.8. The van der Waals surface area contributed by atoms with Gasteiger partial charge in [-0.15, -0.1) is 0 Å². The van der Waals surface area contributed by atoms with Crippen molar-refractivity contribution in [3.05, 3.63) is 60.2 Å². The van der Waals surface area contributed by atoms with Crippen LogP contribution in [0.2, 0.25) is 0 Å². The summed E-state index contributed by atoms with van der Waals surface area (Å²) < 4.78 is 13.5. The zero-order chi connectivity index (χ0) is 20.1. The summed E-state index contributed by atoms with van der Waals surface area (Å²) in [5.74, 6) is -0.189. The molecular formula is C20H22FN5O2. The number of rotatable bonds is 7. The first-order valence-corrected chi connectivity index (χ1v) is 8.91. The number of fused-ring (bicyclic) bond motifs is 1. The fourth-order valence-electron chi connectivity index (χ4n) is 2.69. The van der Waals surface area contributed by atoms with Crippen LogP contribution in [0.25, 0.3) is 10.9 Å². The number of hydrogen-bond acceptors (Lipinski definition) is 6. The van der Waals surface area contributed by atoms with Crippen molar-refractivity contribution in [3.8, 4) is 0 Å². The van der Waals surface area contributed by atoms with Gasteiger partial charge in [-0.25, -0.2) is 14.4 Å². The van der Waals surface area contributed by atoms with Crippen molar-refractivity contribution in [3.63, 3.8) is 0 Å². The zero-order valence-corrected chi connectivity index (χ0v) is 15.4. The summed E-state index contributed by atoms with van der Waals surface area (Å²) in [7, 11) is 0. The van der Waals surface area contributed by atoms with Gasteiger partial charge >= 0.3 is 0 Å². The number of aromatic nitrogens is 2. The molecule has 0 spiro atoms. The number of hydrogen-bond donors (Lipinski definition) is 4. The Hall–Kier alpha value is -3.10. The van der Waals surface area contributed by atoms with Crippen LogP contribution in [0.1, 0.15) is 12.5 Å². The van der Waals surface area contributed by atoms with Crippen molar-refractivity contribution in [2.45, 2.75) is 25.5 Å². The molecule has 2 atom stereocenters. The molecule has 2 unspecified atom stereocenters. The van der Waals surface area contributed by atoms with Gasteiger partial charge in [0.1, 0.15) is 24.0 Å². The Morgan fingerprint density at radius 1 is 1.21 bits per heavy atom. The van der Waals surface area contributed by atoms with Gasteiger partial charge in [0, 0.05) is 17.6 Å². The molecule has 2 aromatic carbocycles. The first-order chi connectivity index (χ1) is 13.4. The summed E-state index contributed by atoms with van der Waals surface area (Å²) in [4.78, 5) is 20.2. The Morgan fingerprint density at radius 3 is 2.68 bits per heavy atom. The van der Waals surface area contributed by atoms with E-state index in [4.69, 9.17) is 5.73 Å². The molecule has 0 aliphatic carbocycles. The highest BCUT2D eigenvalue weighted by atomic mass is 19.1. The van der Waals surface area contributed by atoms with Crippen LogP contribution in [0.15, 0.2) is 48.8 Å². The molecule has 0 aliphatic rings. The van der Waals surface area contributed by atoms with Crippen molar-refractivity contribution < 1.29 is 14.3 Å². The lowest BCUT2D eigenvalue weighted by atomic mass is 10.1. The minimum Gasteiger partial charge on any atom is -0.391 e. The molecule has 28 heavy (non-hydrogen) atoms. The SMILES string of the molecule is CC(O)C(N)C(=O)Nc1ccc(CCNc2ncnc3ccc(F)cc23)cc1. The highest BCUT2D eigenvalue weighted by molar-refractivity contribution is 5.95. The lowest BCUT2D eigenvalue weighted by molar-refractivity contribution is -0.119.